The highest BCUT2D eigenvalue weighted by Gasteiger charge is 2.38. The molecule has 2 aromatic rings. The van der Waals surface area contributed by atoms with Crippen molar-refractivity contribution in [3.63, 3.8) is 0 Å². The second-order valence-electron chi connectivity index (χ2n) is 10.3. The minimum Gasteiger partial charge on any atom is -0.493 e. The predicted molar refractivity (Wildman–Crippen MR) is 147 cm³/mol. The van der Waals surface area contributed by atoms with Crippen molar-refractivity contribution in [2.24, 2.45) is 4.99 Å². The molecule has 1 saturated carbocycles. The third-order valence-electron chi connectivity index (χ3n) is 7.65. The van der Waals surface area contributed by atoms with Crippen molar-refractivity contribution >= 4 is 28.9 Å². The number of carbonyl (C=O) groups is 1. The lowest BCUT2D eigenvalue weighted by atomic mass is 10.0. The van der Waals surface area contributed by atoms with Crippen molar-refractivity contribution in [1.29, 1.82) is 0 Å². The van der Waals surface area contributed by atoms with Crippen LogP contribution in [0.2, 0.25) is 0 Å². The molecule has 1 aliphatic carbocycles. The van der Waals surface area contributed by atoms with E-state index >= 15 is 0 Å². The number of amides is 1. The molecule has 0 aromatic heterocycles. The Bertz CT molecular complexity index is 1380. The Balaban J connectivity index is 1.24. The molecule has 5 rings (SSSR count). The van der Waals surface area contributed by atoms with Crippen LogP contribution in [0, 0.1) is 0 Å². The summed E-state index contributed by atoms with van der Waals surface area (Å²) in [6.45, 7) is 2.85. The van der Waals surface area contributed by atoms with E-state index in [2.05, 4.69) is 14.8 Å². The van der Waals surface area contributed by atoms with E-state index in [0.717, 1.165) is 32.2 Å². The van der Waals surface area contributed by atoms with E-state index in [1.54, 1.807) is 18.2 Å². The van der Waals surface area contributed by atoms with Gasteiger partial charge in [-0.2, -0.15) is 31.3 Å². The molecule has 0 unspecified atom stereocenters. The number of carbonyl (C=O) groups excluding carboxylic acids is 1. The fourth-order valence-corrected chi connectivity index (χ4v) is 6.39. The van der Waals surface area contributed by atoms with Crippen LogP contribution < -0.4 is 9.47 Å². The third kappa shape index (κ3) is 6.88. The van der Waals surface area contributed by atoms with Crippen LogP contribution in [0.15, 0.2) is 46.3 Å². The van der Waals surface area contributed by atoms with E-state index in [1.807, 2.05) is 0 Å². The number of hydrogen-bond donors (Lipinski definition) is 0. The molecule has 2 aromatic carbocycles. The summed E-state index contributed by atoms with van der Waals surface area (Å²) in [5.74, 6) is -0.0749. The highest BCUT2D eigenvalue weighted by Crippen LogP contribution is 2.39. The zero-order chi connectivity index (χ0) is 30.1. The maximum Gasteiger partial charge on any atom is 0.416 e. The molecule has 1 saturated heterocycles. The molecule has 1 amide bonds. The number of benzene rings is 2. The van der Waals surface area contributed by atoms with Gasteiger partial charge in [-0.1, -0.05) is 25.0 Å². The first-order valence-electron chi connectivity index (χ1n) is 13.5. The van der Waals surface area contributed by atoms with Crippen molar-refractivity contribution < 1.29 is 40.6 Å². The lowest BCUT2D eigenvalue weighted by Gasteiger charge is -2.38. The van der Waals surface area contributed by atoms with Crippen molar-refractivity contribution in [2.45, 2.75) is 50.7 Å². The SMILES string of the molecule is COc1cc(C=C2SC(N3CCN(C4CCCC4)CC3)=NC2=O)ccc1OCc1ccc(C(F)(F)F)cc1C(F)(F)F. The van der Waals surface area contributed by atoms with Gasteiger partial charge in [0.1, 0.15) is 6.61 Å². The number of hydrogen-bond acceptors (Lipinski definition) is 6. The van der Waals surface area contributed by atoms with Gasteiger partial charge in [0.05, 0.1) is 23.1 Å². The molecule has 42 heavy (non-hydrogen) atoms. The Morgan fingerprint density at radius 3 is 2.31 bits per heavy atom. The summed E-state index contributed by atoms with van der Waals surface area (Å²) >= 11 is 1.30. The Morgan fingerprint density at radius 1 is 0.952 bits per heavy atom. The molecule has 226 valence electrons. The molecule has 2 heterocycles. The molecule has 0 N–H and O–H groups in total. The van der Waals surface area contributed by atoms with E-state index in [-0.39, 0.29) is 23.5 Å². The summed E-state index contributed by atoms with van der Waals surface area (Å²) in [5.41, 5.74) is -2.69. The normalized spacial score (nSPS) is 20.0. The van der Waals surface area contributed by atoms with Gasteiger partial charge in [-0.3, -0.25) is 9.69 Å². The predicted octanol–water partition coefficient (Wildman–Crippen LogP) is 6.84. The Kier molecular flexibility index (Phi) is 8.79. The second-order valence-corrected chi connectivity index (χ2v) is 11.3. The lowest BCUT2D eigenvalue weighted by molar-refractivity contribution is -0.143. The van der Waals surface area contributed by atoms with E-state index in [1.165, 1.54) is 50.6 Å². The Labute approximate surface area is 243 Å². The number of halogens is 6. The Hall–Kier alpha value is -3.19. The fourth-order valence-electron chi connectivity index (χ4n) is 5.42. The van der Waals surface area contributed by atoms with Crippen LogP contribution in [0.25, 0.3) is 6.08 Å². The quantitative estimate of drug-likeness (QED) is 0.263. The van der Waals surface area contributed by atoms with Gasteiger partial charge in [-0.05, 0) is 60.5 Å². The number of alkyl halides is 6. The van der Waals surface area contributed by atoms with Gasteiger partial charge < -0.3 is 14.4 Å². The number of ether oxygens (including phenoxy) is 2. The number of nitrogens with zero attached hydrogens (tertiary/aromatic N) is 3. The van der Waals surface area contributed by atoms with Crippen molar-refractivity contribution in [2.75, 3.05) is 33.3 Å². The summed E-state index contributed by atoms with van der Waals surface area (Å²) in [6, 6.07) is 6.71. The first-order valence-corrected chi connectivity index (χ1v) is 14.3. The standard InChI is InChI=1S/C29H29F6N3O3S/c1-40-24-14-18(6-9-23(24)41-17-19-7-8-20(28(30,31)32)16-22(19)29(33,34)35)15-25-26(39)36-27(42-25)38-12-10-37(11-13-38)21-4-2-3-5-21/h6-9,14-16,21H,2-5,10-13,17H2,1H3. The average Bonchev–Trinajstić information content (AvgIpc) is 3.62. The van der Waals surface area contributed by atoms with E-state index in [0.29, 0.717) is 27.7 Å². The van der Waals surface area contributed by atoms with Crippen LogP contribution in [0.5, 0.6) is 11.5 Å². The molecule has 2 fully saturated rings. The molecule has 0 atom stereocenters. The molecule has 2 aliphatic heterocycles. The number of piperazine rings is 1. The van der Waals surface area contributed by atoms with Gasteiger partial charge >= 0.3 is 12.4 Å². The van der Waals surface area contributed by atoms with Crippen molar-refractivity contribution in [3.05, 3.63) is 63.6 Å². The van der Waals surface area contributed by atoms with Crippen LogP contribution in [0.4, 0.5) is 26.3 Å². The number of amidine groups is 1. The molecule has 3 aliphatic rings. The summed E-state index contributed by atoms with van der Waals surface area (Å²) in [4.78, 5) is 22.0. The first-order chi connectivity index (χ1) is 19.9. The number of thioether (sulfide) groups is 1. The largest absolute Gasteiger partial charge is 0.493 e. The third-order valence-corrected chi connectivity index (χ3v) is 8.69. The van der Waals surface area contributed by atoms with Crippen LogP contribution in [-0.2, 0) is 23.8 Å². The molecular formula is C29H29F6N3O3S. The fraction of sp³-hybridized carbons (Fsp3) is 0.448. The maximum absolute atomic E-state index is 13.5. The van der Waals surface area contributed by atoms with Crippen molar-refractivity contribution in [3.8, 4) is 11.5 Å². The zero-order valence-corrected chi connectivity index (χ0v) is 23.5. The number of aliphatic imine (C=N–C) groups is 1. The molecule has 6 nitrogen and oxygen atoms in total. The van der Waals surface area contributed by atoms with Crippen LogP contribution in [0.3, 0.4) is 0 Å². The van der Waals surface area contributed by atoms with Gasteiger partial charge in [0.25, 0.3) is 5.91 Å². The summed E-state index contributed by atoms with van der Waals surface area (Å²) in [5, 5.41) is 0.668. The lowest BCUT2D eigenvalue weighted by Crippen LogP contribution is -2.50. The van der Waals surface area contributed by atoms with E-state index in [9.17, 15) is 31.1 Å². The molecule has 0 spiro atoms. The first kappa shape index (κ1) is 30.3. The topological polar surface area (TPSA) is 54.4 Å². The molecule has 13 heteroatoms. The average molecular weight is 614 g/mol. The van der Waals surface area contributed by atoms with Gasteiger partial charge in [-0.25, -0.2) is 0 Å². The molecule has 0 bridgehead atoms. The summed E-state index contributed by atoms with van der Waals surface area (Å²) < 4.78 is 90.3. The van der Waals surface area contributed by atoms with Crippen LogP contribution in [0.1, 0.15) is 47.9 Å². The molecular weight excluding hydrogens is 584 g/mol. The van der Waals surface area contributed by atoms with E-state index < -0.39 is 35.6 Å². The van der Waals surface area contributed by atoms with Crippen molar-refractivity contribution in [1.82, 2.24) is 9.80 Å². The second kappa shape index (κ2) is 12.2. The number of rotatable bonds is 6. The van der Waals surface area contributed by atoms with Gasteiger partial charge in [0, 0.05) is 37.8 Å². The van der Waals surface area contributed by atoms with Crippen LogP contribution >= 0.6 is 11.8 Å². The van der Waals surface area contributed by atoms with E-state index in [4.69, 9.17) is 9.47 Å². The Morgan fingerprint density at radius 2 is 1.67 bits per heavy atom. The van der Waals surface area contributed by atoms with Crippen LogP contribution in [-0.4, -0.2) is 60.2 Å². The zero-order valence-electron chi connectivity index (χ0n) is 22.7. The maximum atomic E-state index is 13.5. The summed E-state index contributed by atoms with van der Waals surface area (Å²) in [6.07, 6.45) is -3.20. The molecule has 0 radical (unpaired) electrons. The minimum absolute atomic E-state index is 0.0767. The summed E-state index contributed by atoms with van der Waals surface area (Å²) in [7, 11) is 1.35. The van der Waals surface area contributed by atoms with Gasteiger partial charge in [0.2, 0.25) is 0 Å². The monoisotopic (exact) mass is 613 g/mol. The smallest absolute Gasteiger partial charge is 0.416 e. The minimum atomic E-state index is -5.00. The highest BCUT2D eigenvalue weighted by atomic mass is 32.2. The van der Waals surface area contributed by atoms with Gasteiger partial charge in [-0.15, -0.1) is 0 Å². The number of methoxy groups -OCH3 is 1. The highest BCUT2D eigenvalue weighted by molar-refractivity contribution is 8.18. The van der Waals surface area contributed by atoms with Gasteiger partial charge in [0.15, 0.2) is 16.7 Å².